The topological polar surface area (TPSA) is 64.6 Å². The second-order valence-electron chi connectivity index (χ2n) is 5.35. The van der Waals surface area contributed by atoms with E-state index in [1.165, 1.54) is 13.0 Å². The lowest BCUT2D eigenvalue weighted by Crippen LogP contribution is -2.31. The molecule has 0 aliphatic rings. The van der Waals surface area contributed by atoms with Crippen molar-refractivity contribution >= 4 is 40.8 Å². The van der Waals surface area contributed by atoms with Crippen LogP contribution in [0.15, 0.2) is 42.5 Å². The molecule has 1 atom stereocenters. The smallest absolute Gasteiger partial charge is 0.344 e. The molecule has 0 radical (unpaired) electrons. The van der Waals surface area contributed by atoms with Gasteiger partial charge < -0.3 is 14.8 Å². The molecule has 0 aliphatic carbocycles. The van der Waals surface area contributed by atoms with E-state index in [-0.39, 0.29) is 6.61 Å². The summed E-state index contributed by atoms with van der Waals surface area (Å²) in [4.78, 5) is 23.9. The molecule has 0 bridgehead atoms. The first-order valence-corrected chi connectivity index (χ1v) is 8.25. The standard InChI is InChI=1S/C18H17Cl2NO4/c1-11-4-3-5-14(8-11)24-10-17(22)25-12(2)18(23)21-16-9-13(19)6-7-15(16)20/h3-9,12H,10H2,1-2H3,(H,21,23)/t12-/m1/s1. The average molecular weight is 382 g/mol. The third-order valence-electron chi connectivity index (χ3n) is 3.21. The molecule has 0 unspecified atom stereocenters. The van der Waals surface area contributed by atoms with Gasteiger partial charge in [0.1, 0.15) is 5.75 Å². The Kier molecular flexibility index (Phi) is 6.67. The Hall–Kier alpha value is -2.24. The molecule has 132 valence electrons. The minimum absolute atomic E-state index is 0.293. The zero-order chi connectivity index (χ0) is 18.4. The van der Waals surface area contributed by atoms with E-state index in [9.17, 15) is 9.59 Å². The summed E-state index contributed by atoms with van der Waals surface area (Å²) in [5, 5.41) is 3.32. The van der Waals surface area contributed by atoms with E-state index in [0.29, 0.717) is 21.5 Å². The lowest BCUT2D eigenvalue weighted by molar-refractivity contribution is -0.155. The molecular weight excluding hydrogens is 365 g/mol. The molecule has 0 heterocycles. The first kappa shape index (κ1) is 19.1. The lowest BCUT2D eigenvalue weighted by Gasteiger charge is -2.14. The highest BCUT2D eigenvalue weighted by molar-refractivity contribution is 6.35. The van der Waals surface area contributed by atoms with Gasteiger partial charge in [0.05, 0.1) is 10.7 Å². The van der Waals surface area contributed by atoms with Gasteiger partial charge in [-0.05, 0) is 49.7 Å². The van der Waals surface area contributed by atoms with Crippen molar-refractivity contribution in [3.8, 4) is 5.75 Å². The molecule has 7 heteroatoms. The van der Waals surface area contributed by atoms with E-state index in [4.69, 9.17) is 32.7 Å². The van der Waals surface area contributed by atoms with Gasteiger partial charge in [0, 0.05) is 5.02 Å². The number of hydrogen-bond acceptors (Lipinski definition) is 4. The van der Waals surface area contributed by atoms with Gasteiger partial charge in [-0.2, -0.15) is 0 Å². The Balaban J connectivity index is 1.85. The second kappa shape index (κ2) is 8.74. The third-order valence-corrected chi connectivity index (χ3v) is 3.77. The van der Waals surface area contributed by atoms with Crippen molar-refractivity contribution in [2.24, 2.45) is 0 Å². The molecule has 5 nitrogen and oxygen atoms in total. The molecule has 0 saturated carbocycles. The molecule has 2 aromatic rings. The second-order valence-corrected chi connectivity index (χ2v) is 6.19. The van der Waals surface area contributed by atoms with Crippen molar-refractivity contribution in [3.05, 3.63) is 58.1 Å². The Morgan fingerprint density at radius 1 is 1.16 bits per heavy atom. The molecule has 0 aromatic heterocycles. The van der Waals surface area contributed by atoms with E-state index in [2.05, 4.69) is 5.32 Å². The average Bonchev–Trinajstić information content (AvgIpc) is 2.56. The Morgan fingerprint density at radius 2 is 1.92 bits per heavy atom. The predicted molar refractivity (Wildman–Crippen MR) is 97.3 cm³/mol. The van der Waals surface area contributed by atoms with Crippen LogP contribution >= 0.6 is 23.2 Å². The first-order chi connectivity index (χ1) is 11.8. The number of ether oxygens (including phenoxy) is 2. The van der Waals surface area contributed by atoms with E-state index in [1.807, 2.05) is 19.1 Å². The number of aryl methyl sites for hydroxylation is 1. The first-order valence-electron chi connectivity index (χ1n) is 7.50. The maximum atomic E-state index is 12.1. The largest absolute Gasteiger partial charge is 0.482 e. The van der Waals surface area contributed by atoms with Crippen LogP contribution in [0.1, 0.15) is 12.5 Å². The van der Waals surface area contributed by atoms with E-state index in [0.717, 1.165) is 5.56 Å². The van der Waals surface area contributed by atoms with Crippen LogP contribution in [0, 0.1) is 6.92 Å². The van der Waals surface area contributed by atoms with Gasteiger partial charge >= 0.3 is 5.97 Å². The zero-order valence-corrected chi connectivity index (χ0v) is 15.2. The fourth-order valence-electron chi connectivity index (χ4n) is 1.96. The number of nitrogens with one attached hydrogen (secondary N) is 1. The fourth-order valence-corrected chi connectivity index (χ4v) is 2.30. The highest BCUT2D eigenvalue weighted by Gasteiger charge is 2.19. The maximum absolute atomic E-state index is 12.1. The Labute approximate surface area is 155 Å². The lowest BCUT2D eigenvalue weighted by atomic mass is 10.2. The summed E-state index contributed by atoms with van der Waals surface area (Å²) in [7, 11) is 0. The summed E-state index contributed by atoms with van der Waals surface area (Å²) in [6.45, 7) is 3.08. The molecule has 0 aliphatic heterocycles. The molecule has 1 amide bonds. The van der Waals surface area contributed by atoms with Crippen molar-refractivity contribution in [3.63, 3.8) is 0 Å². The minimum Gasteiger partial charge on any atom is -0.482 e. The Bertz CT molecular complexity index is 779. The Morgan fingerprint density at radius 3 is 2.64 bits per heavy atom. The number of carbonyl (C=O) groups excluding carboxylic acids is 2. The number of carbonyl (C=O) groups is 2. The number of benzene rings is 2. The molecule has 0 spiro atoms. The van der Waals surface area contributed by atoms with Gasteiger partial charge in [0.15, 0.2) is 12.7 Å². The van der Waals surface area contributed by atoms with Crippen LogP contribution in [0.5, 0.6) is 5.75 Å². The van der Waals surface area contributed by atoms with Crippen molar-refractivity contribution in [2.75, 3.05) is 11.9 Å². The van der Waals surface area contributed by atoms with Crippen LogP contribution in [-0.4, -0.2) is 24.6 Å². The maximum Gasteiger partial charge on any atom is 0.344 e. The quantitative estimate of drug-likeness (QED) is 0.759. The molecular formula is C18H17Cl2NO4. The fraction of sp³-hybridized carbons (Fsp3) is 0.222. The minimum atomic E-state index is -1.01. The van der Waals surface area contributed by atoms with Crippen LogP contribution < -0.4 is 10.1 Å². The number of esters is 1. The summed E-state index contributed by atoms with van der Waals surface area (Å²) >= 11 is 11.8. The molecule has 2 aromatic carbocycles. The van der Waals surface area contributed by atoms with Gasteiger partial charge in [-0.1, -0.05) is 35.3 Å². The summed E-state index contributed by atoms with van der Waals surface area (Å²) < 4.78 is 10.4. The molecule has 25 heavy (non-hydrogen) atoms. The van der Waals surface area contributed by atoms with Gasteiger partial charge in [-0.3, -0.25) is 4.79 Å². The van der Waals surface area contributed by atoms with Crippen molar-refractivity contribution in [2.45, 2.75) is 20.0 Å². The van der Waals surface area contributed by atoms with Crippen molar-refractivity contribution < 1.29 is 19.1 Å². The number of rotatable bonds is 6. The summed E-state index contributed by atoms with van der Waals surface area (Å²) in [5.74, 6) is -0.616. The number of amides is 1. The number of hydrogen-bond donors (Lipinski definition) is 1. The highest BCUT2D eigenvalue weighted by atomic mass is 35.5. The molecule has 0 saturated heterocycles. The third kappa shape index (κ3) is 5.96. The van der Waals surface area contributed by atoms with Gasteiger partial charge in [0.25, 0.3) is 5.91 Å². The van der Waals surface area contributed by atoms with E-state index < -0.39 is 18.0 Å². The summed E-state index contributed by atoms with van der Waals surface area (Å²) in [6.07, 6.45) is -1.01. The summed E-state index contributed by atoms with van der Waals surface area (Å²) in [5.41, 5.74) is 1.36. The zero-order valence-electron chi connectivity index (χ0n) is 13.7. The normalized spacial score (nSPS) is 11.5. The highest BCUT2D eigenvalue weighted by Crippen LogP contribution is 2.25. The monoisotopic (exact) mass is 381 g/mol. The van der Waals surface area contributed by atoms with Crippen LogP contribution in [-0.2, 0) is 14.3 Å². The number of anilines is 1. The van der Waals surface area contributed by atoms with Crippen molar-refractivity contribution in [1.29, 1.82) is 0 Å². The van der Waals surface area contributed by atoms with Gasteiger partial charge in [-0.25, -0.2) is 4.79 Å². The molecule has 2 rings (SSSR count). The molecule has 0 fully saturated rings. The molecule has 1 N–H and O–H groups in total. The van der Waals surface area contributed by atoms with Crippen LogP contribution in [0.2, 0.25) is 10.0 Å². The van der Waals surface area contributed by atoms with E-state index in [1.54, 1.807) is 24.3 Å². The predicted octanol–water partition coefficient (Wildman–Crippen LogP) is 4.25. The summed E-state index contributed by atoms with van der Waals surface area (Å²) in [6, 6.07) is 11.9. The van der Waals surface area contributed by atoms with Crippen LogP contribution in [0.25, 0.3) is 0 Å². The van der Waals surface area contributed by atoms with Crippen LogP contribution in [0.3, 0.4) is 0 Å². The van der Waals surface area contributed by atoms with E-state index >= 15 is 0 Å². The van der Waals surface area contributed by atoms with Gasteiger partial charge in [0.2, 0.25) is 0 Å². The van der Waals surface area contributed by atoms with Gasteiger partial charge in [-0.15, -0.1) is 0 Å². The number of halogens is 2. The van der Waals surface area contributed by atoms with Crippen LogP contribution in [0.4, 0.5) is 5.69 Å². The van der Waals surface area contributed by atoms with Crippen molar-refractivity contribution in [1.82, 2.24) is 0 Å². The SMILES string of the molecule is Cc1cccc(OCC(=O)O[C@H](C)C(=O)Nc2cc(Cl)ccc2Cl)c1.